The molecule has 2 N–H and O–H groups in total. The van der Waals surface area contributed by atoms with Gasteiger partial charge in [-0.1, -0.05) is 59.6 Å². The summed E-state index contributed by atoms with van der Waals surface area (Å²) in [5.41, 5.74) is 7.06. The van der Waals surface area contributed by atoms with E-state index in [1.54, 1.807) is 20.4 Å². The van der Waals surface area contributed by atoms with Gasteiger partial charge in [-0.15, -0.1) is 0 Å². The minimum Gasteiger partial charge on any atom is -0.481 e. The predicted molar refractivity (Wildman–Crippen MR) is 174 cm³/mol. The van der Waals surface area contributed by atoms with Gasteiger partial charge in [0.25, 0.3) is 0 Å². The Bertz CT molecular complexity index is 1830. The number of pyridine rings is 1. The highest BCUT2D eigenvalue weighted by Gasteiger charge is 2.41. The molecule has 2 saturated heterocycles. The van der Waals surface area contributed by atoms with Crippen LogP contribution in [0.2, 0.25) is 10.0 Å². The molecule has 0 spiro atoms. The van der Waals surface area contributed by atoms with E-state index < -0.39 is 5.97 Å². The van der Waals surface area contributed by atoms with Gasteiger partial charge >= 0.3 is 5.97 Å². The SMILES string of the molecule is COc1nc(-c2cccc(-c3cccc(-c4cc5c(c(OC)n4)[C@@H](N4CC(C(=O)O)C4)CC5)c3Cl)c2Cl)cnc1CN1CC(O)C1. The molecule has 2 aromatic carbocycles. The maximum absolute atomic E-state index is 11.4. The van der Waals surface area contributed by atoms with Crippen molar-refractivity contribution in [2.45, 2.75) is 31.5 Å². The Balaban J connectivity index is 1.20. The fourth-order valence-electron chi connectivity index (χ4n) is 6.72. The van der Waals surface area contributed by atoms with Crippen LogP contribution < -0.4 is 9.47 Å². The second-order valence-electron chi connectivity index (χ2n) is 12.0. The fourth-order valence-corrected chi connectivity index (χ4v) is 7.37. The van der Waals surface area contributed by atoms with Crippen molar-refractivity contribution in [1.82, 2.24) is 24.8 Å². The second kappa shape index (κ2) is 12.4. The van der Waals surface area contributed by atoms with E-state index in [9.17, 15) is 15.0 Å². The second-order valence-corrected chi connectivity index (χ2v) is 12.8. The molecule has 0 bridgehead atoms. The van der Waals surface area contributed by atoms with Crippen LogP contribution in [-0.4, -0.2) is 87.4 Å². The summed E-state index contributed by atoms with van der Waals surface area (Å²) in [5, 5.41) is 20.0. The molecule has 12 heteroatoms. The van der Waals surface area contributed by atoms with Crippen molar-refractivity contribution in [2.75, 3.05) is 40.4 Å². The van der Waals surface area contributed by atoms with E-state index in [1.165, 1.54) is 0 Å². The molecule has 0 radical (unpaired) electrons. The zero-order valence-electron chi connectivity index (χ0n) is 25.4. The fraction of sp³-hybridized carbons (Fsp3) is 0.353. The number of likely N-dealkylation sites (tertiary alicyclic amines) is 2. The monoisotopic (exact) mass is 661 g/mol. The van der Waals surface area contributed by atoms with E-state index in [-0.39, 0.29) is 18.1 Å². The van der Waals surface area contributed by atoms with Gasteiger partial charge in [-0.05, 0) is 24.5 Å². The largest absolute Gasteiger partial charge is 0.481 e. The van der Waals surface area contributed by atoms with Crippen molar-refractivity contribution in [3.05, 3.63) is 75.5 Å². The van der Waals surface area contributed by atoms with E-state index in [4.69, 9.17) is 42.6 Å². The Morgan fingerprint density at radius 2 is 1.52 bits per heavy atom. The number of aliphatic hydroxyl groups excluding tert-OH is 1. The molecule has 2 aliphatic heterocycles. The number of hydrogen-bond acceptors (Lipinski definition) is 9. The molecule has 46 heavy (non-hydrogen) atoms. The van der Waals surface area contributed by atoms with Crippen molar-refractivity contribution in [1.29, 1.82) is 0 Å². The summed E-state index contributed by atoms with van der Waals surface area (Å²) in [6, 6.07) is 13.7. The Morgan fingerprint density at radius 1 is 0.913 bits per heavy atom. The molecule has 10 nitrogen and oxygen atoms in total. The van der Waals surface area contributed by atoms with E-state index in [0.29, 0.717) is 77.2 Å². The normalized spacial score (nSPS) is 18.6. The lowest BCUT2D eigenvalue weighted by molar-refractivity contribution is -0.148. The Morgan fingerprint density at radius 3 is 2.13 bits per heavy atom. The van der Waals surface area contributed by atoms with Gasteiger partial charge in [0.05, 0.1) is 53.9 Å². The van der Waals surface area contributed by atoms with Gasteiger partial charge in [0.2, 0.25) is 11.8 Å². The topological polar surface area (TPSA) is 121 Å². The summed E-state index contributed by atoms with van der Waals surface area (Å²) >= 11 is 14.2. The van der Waals surface area contributed by atoms with E-state index in [1.807, 2.05) is 36.4 Å². The van der Waals surface area contributed by atoms with Crippen LogP contribution in [0.3, 0.4) is 0 Å². The van der Waals surface area contributed by atoms with Crippen molar-refractivity contribution < 1.29 is 24.5 Å². The number of carboxylic acids is 1. The van der Waals surface area contributed by atoms with Crippen molar-refractivity contribution in [3.8, 4) is 45.4 Å². The maximum atomic E-state index is 11.4. The van der Waals surface area contributed by atoms with E-state index in [2.05, 4.69) is 20.9 Å². The molecule has 0 amide bonds. The number of carbonyl (C=O) groups is 1. The number of aromatic nitrogens is 3. The Labute approximate surface area is 276 Å². The molecule has 1 atom stereocenters. The number of methoxy groups -OCH3 is 2. The molecule has 0 unspecified atom stereocenters. The highest BCUT2D eigenvalue weighted by atomic mass is 35.5. The molecular formula is C34H33Cl2N5O5. The standard InChI is InChI=1S/C34H33Cl2N5O5/c1-45-32-27(17-40-15-20(42)16-40)37-12-26(39-32)24-8-4-6-22(31(24)36)21-5-3-7-23(30(21)35)25-11-18-9-10-28(29(18)33(38-25)46-2)41-13-19(14-41)34(43)44/h3-8,11-12,19-20,28,42H,9-10,13-17H2,1-2H3,(H,43,44)/t28-/m0/s1. The number of aliphatic hydroxyl groups is 1. The quantitative estimate of drug-likeness (QED) is 0.242. The van der Waals surface area contributed by atoms with Crippen LogP contribution in [0.25, 0.3) is 33.6 Å². The van der Waals surface area contributed by atoms with Gasteiger partial charge in [0.15, 0.2) is 0 Å². The number of benzene rings is 2. The van der Waals surface area contributed by atoms with Crippen LogP contribution >= 0.6 is 23.2 Å². The molecule has 2 fully saturated rings. The lowest BCUT2D eigenvalue weighted by Gasteiger charge is -2.41. The number of hydrogen-bond donors (Lipinski definition) is 2. The molecule has 4 heterocycles. The summed E-state index contributed by atoms with van der Waals surface area (Å²) in [4.78, 5) is 29.9. The number of carboxylic acid groups (broad SMARTS) is 1. The number of halogens is 2. The van der Waals surface area contributed by atoms with Gasteiger partial charge in [-0.25, -0.2) is 9.97 Å². The Hall–Kier alpha value is -3.80. The van der Waals surface area contributed by atoms with Crippen LogP contribution in [0.4, 0.5) is 0 Å². The third-order valence-electron chi connectivity index (χ3n) is 9.18. The average Bonchev–Trinajstić information content (AvgIpc) is 3.43. The number of fused-ring (bicyclic) bond motifs is 1. The molecule has 238 valence electrons. The highest BCUT2D eigenvalue weighted by Crippen LogP contribution is 2.47. The molecule has 2 aromatic heterocycles. The predicted octanol–water partition coefficient (Wildman–Crippen LogP) is 5.38. The summed E-state index contributed by atoms with van der Waals surface area (Å²) in [7, 11) is 3.18. The van der Waals surface area contributed by atoms with Gasteiger partial charge < -0.3 is 19.7 Å². The number of ether oxygens (including phenoxy) is 2. The van der Waals surface area contributed by atoms with Gasteiger partial charge in [-0.2, -0.15) is 0 Å². The number of rotatable bonds is 9. The molecular weight excluding hydrogens is 629 g/mol. The number of aliphatic carboxylic acids is 1. The summed E-state index contributed by atoms with van der Waals surface area (Å²) < 4.78 is 11.4. The number of β-amino-alcohol motifs (C(OH)–C–C–N with tert-alkyl or cyclic N) is 1. The Kier molecular flexibility index (Phi) is 8.33. The highest BCUT2D eigenvalue weighted by molar-refractivity contribution is 6.39. The van der Waals surface area contributed by atoms with Crippen molar-refractivity contribution >= 4 is 29.2 Å². The van der Waals surface area contributed by atoms with Crippen LogP contribution in [0, 0.1) is 5.92 Å². The van der Waals surface area contributed by atoms with E-state index in [0.717, 1.165) is 40.7 Å². The average molecular weight is 663 g/mol. The summed E-state index contributed by atoms with van der Waals surface area (Å²) in [6.07, 6.45) is 3.11. The minimum atomic E-state index is -0.750. The van der Waals surface area contributed by atoms with Gasteiger partial charge in [-0.3, -0.25) is 19.6 Å². The molecule has 0 saturated carbocycles. The zero-order chi connectivity index (χ0) is 32.1. The van der Waals surface area contributed by atoms with E-state index >= 15 is 0 Å². The number of nitrogens with zero attached hydrogens (tertiary/aromatic N) is 5. The summed E-state index contributed by atoms with van der Waals surface area (Å²) in [5.74, 6) is -0.124. The lowest BCUT2D eigenvalue weighted by atomic mass is 9.95. The van der Waals surface area contributed by atoms with Crippen LogP contribution in [0.5, 0.6) is 11.8 Å². The lowest BCUT2D eigenvalue weighted by Crippen LogP contribution is -2.51. The van der Waals surface area contributed by atoms with Gasteiger partial charge in [0, 0.05) is 66.6 Å². The molecule has 7 rings (SSSR count). The van der Waals surface area contributed by atoms with Crippen LogP contribution in [0.1, 0.15) is 29.3 Å². The van der Waals surface area contributed by atoms with Crippen LogP contribution in [0.15, 0.2) is 48.7 Å². The number of aryl methyl sites for hydroxylation is 1. The van der Waals surface area contributed by atoms with Crippen molar-refractivity contribution in [3.63, 3.8) is 0 Å². The first-order chi connectivity index (χ1) is 22.2. The zero-order valence-corrected chi connectivity index (χ0v) is 26.9. The van der Waals surface area contributed by atoms with Crippen molar-refractivity contribution in [2.24, 2.45) is 5.92 Å². The smallest absolute Gasteiger partial charge is 0.309 e. The van der Waals surface area contributed by atoms with Crippen LogP contribution in [-0.2, 0) is 17.8 Å². The first kappa shape index (κ1) is 30.8. The molecule has 3 aliphatic rings. The molecule has 1 aliphatic carbocycles. The first-order valence-electron chi connectivity index (χ1n) is 15.2. The minimum absolute atomic E-state index is 0.0878. The maximum Gasteiger partial charge on any atom is 0.309 e. The third kappa shape index (κ3) is 5.48. The molecule has 4 aromatic rings. The summed E-state index contributed by atoms with van der Waals surface area (Å²) in [6.45, 7) is 2.80. The van der Waals surface area contributed by atoms with Gasteiger partial charge in [0.1, 0.15) is 5.69 Å². The first-order valence-corrected chi connectivity index (χ1v) is 15.9. The third-order valence-corrected chi connectivity index (χ3v) is 9.99.